The summed E-state index contributed by atoms with van der Waals surface area (Å²) in [6.45, 7) is 5.19. The molecule has 1 atom stereocenters. The quantitative estimate of drug-likeness (QED) is 0.584. The number of thiophene rings is 1. The van der Waals surface area contributed by atoms with E-state index in [4.69, 9.17) is 4.74 Å². The lowest BCUT2D eigenvalue weighted by atomic mass is 9.97. The third-order valence-corrected chi connectivity index (χ3v) is 6.18. The Bertz CT molecular complexity index is 1050. The minimum atomic E-state index is -0.273. The van der Waals surface area contributed by atoms with Crippen molar-refractivity contribution in [1.82, 2.24) is 25.1 Å². The number of carbonyl (C=O) groups is 2. The fourth-order valence-electron chi connectivity index (χ4n) is 3.68. The number of carbonyl (C=O) groups excluding carboxylic acids is 2. The molecule has 0 radical (unpaired) electrons. The molecule has 1 aromatic carbocycles. The van der Waals surface area contributed by atoms with Gasteiger partial charge in [-0.15, -0.1) is 16.4 Å². The summed E-state index contributed by atoms with van der Waals surface area (Å²) >= 11 is 1.67. The molecule has 0 unspecified atom stereocenters. The number of piperidine rings is 1. The largest absolute Gasteiger partial charge is 0.466 e. The Labute approximate surface area is 178 Å². The number of hydrogen-bond donors (Lipinski definition) is 0. The molecule has 8 nitrogen and oxygen atoms in total. The lowest BCUT2D eigenvalue weighted by Gasteiger charge is -2.31. The lowest BCUT2D eigenvalue weighted by Crippen LogP contribution is -2.42. The fraction of sp³-hybridized carbons (Fsp3) is 0.381. The summed E-state index contributed by atoms with van der Waals surface area (Å²) in [5.41, 5.74) is 2.20. The molecule has 1 aliphatic heterocycles. The Morgan fingerprint density at radius 3 is 2.83 bits per heavy atom. The first-order valence-electron chi connectivity index (χ1n) is 9.96. The molecule has 9 heteroatoms. The molecule has 1 saturated heterocycles. The number of ether oxygens (including phenoxy) is 1. The van der Waals surface area contributed by atoms with E-state index in [0.29, 0.717) is 30.9 Å². The summed E-state index contributed by atoms with van der Waals surface area (Å²) in [5, 5.41) is 11.4. The number of aryl methyl sites for hydroxylation is 1. The number of nitrogens with zero attached hydrogens (tertiary/aromatic N) is 5. The minimum Gasteiger partial charge on any atom is -0.466 e. The molecule has 0 N–H and O–H groups in total. The molecule has 0 saturated carbocycles. The maximum absolute atomic E-state index is 13.4. The smallest absolute Gasteiger partial charge is 0.310 e. The van der Waals surface area contributed by atoms with E-state index in [0.717, 1.165) is 23.3 Å². The van der Waals surface area contributed by atoms with Gasteiger partial charge in [-0.05, 0) is 73.0 Å². The van der Waals surface area contributed by atoms with Gasteiger partial charge in [-0.1, -0.05) is 0 Å². The van der Waals surface area contributed by atoms with Crippen molar-refractivity contribution >= 4 is 23.2 Å². The van der Waals surface area contributed by atoms with Crippen molar-refractivity contribution in [1.29, 1.82) is 0 Å². The van der Waals surface area contributed by atoms with Gasteiger partial charge in [-0.25, -0.2) is 4.68 Å². The third-order valence-electron chi connectivity index (χ3n) is 5.13. The Kier molecular flexibility index (Phi) is 5.89. The molecule has 4 rings (SSSR count). The van der Waals surface area contributed by atoms with Crippen molar-refractivity contribution in [2.75, 3.05) is 19.7 Å². The van der Waals surface area contributed by atoms with E-state index in [1.165, 1.54) is 11.2 Å². The Morgan fingerprint density at radius 2 is 2.13 bits per heavy atom. The molecular weight excluding hydrogens is 402 g/mol. The summed E-state index contributed by atoms with van der Waals surface area (Å²) < 4.78 is 6.70. The van der Waals surface area contributed by atoms with Crippen LogP contribution in [-0.2, 0) is 9.53 Å². The van der Waals surface area contributed by atoms with Crippen LogP contribution in [0, 0.1) is 12.8 Å². The van der Waals surface area contributed by atoms with Crippen molar-refractivity contribution < 1.29 is 14.3 Å². The van der Waals surface area contributed by atoms with Gasteiger partial charge in [0.1, 0.15) is 6.33 Å². The van der Waals surface area contributed by atoms with Crippen LogP contribution in [0.2, 0.25) is 0 Å². The molecule has 0 bridgehead atoms. The lowest BCUT2D eigenvalue weighted by molar-refractivity contribution is -0.149. The Hall–Kier alpha value is -3.07. The average molecular weight is 426 g/mol. The summed E-state index contributed by atoms with van der Waals surface area (Å²) in [4.78, 5) is 29.5. The predicted molar refractivity (Wildman–Crippen MR) is 112 cm³/mol. The van der Waals surface area contributed by atoms with Crippen molar-refractivity contribution in [3.05, 3.63) is 47.1 Å². The first-order valence-corrected chi connectivity index (χ1v) is 10.8. The highest BCUT2D eigenvalue weighted by Gasteiger charge is 2.30. The van der Waals surface area contributed by atoms with Crippen LogP contribution in [0.4, 0.5) is 0 Å². The van der Waals surface area contributed by atoms with Crippen LogP contribution in [0.1, 0.15) is 35.0 Å². The van der Waals surface area contributed by atoms with Crippen LogP contribution >= 0.6 is 11.3 Å². The van der Waals surface area contributed by atoms with E-state index in [2.05, 4.69) is 28.5 Å². The standard InChI is InChI=1S/C21H23N5O3S/c1-3-29-21(28)15-5-4-8-25(12-15)20(27)17-9-16(19-7-6-14(2)30-19)10-18(11-17)26-13-22-23-24-26/h6-7,9-11,13,15H,3-5,8,12H2,1-2H3/t15-/m1/s1. The number of likely N-dealkylation sites (tertiary alicyclic amines) is 1. The van der Waals surface area contributed by atoms with Gasteiger partial charge in [-0.2, -0.15) is 0 Å². The molecule has 30 heavy (non-hydrogen) atoms. The average Bonchev–Trinajstić information content (AvgIpc) is 3.45. The molecule has 1 aliphatic rings. The summed E-state index contributed by atoms with van der Waals surface area (Å²) in [5.74, 6) is -0.606. The van der Waals surface area contributed by atoms with Crippen LogP contribution in [-0.4, -0.2) is 56.7 Å². The van der Waals surface area contributed by atoms with Crippen molar-refractivity contribution in [3.8, 4) is 16.1 Å². The van der Waals surface area contributed by atoms with Crippen LogP contribution in [0.25, 0.3) is 16.1 Å². The SMILES string of the molecule is CCOC(=O)[C@@H]1CCCN(C(=O)c2cc(-c3ccc(C)s3)cc(-n3cnnn3)c2)C1. The molecular formula is C21H23N5O3S. The molecule has 156 valence electrons. The van der Waals surface area contributed by atoms with Crippen molar-refractivity contribution in [2.45, 2.75) is 26.7 Å². The predicted octanol–water partition coefficient (Wildman–Crippen LogP) is 3.11. The van der Waals surface area contributed by atoms with Gasteiger partial charge in [0.2, 0.25) is 0 Å². The number of benzene rings is 1. The van der Waals surface area contributed by atoms with E-state index in [9.17, 15) is 9.59 Å². The second-order valence-corrected chi connectivity index (χ2v) is 8.56. The number of esters is 1. The Morgan fingerprint density at radius 1 is 1.27 bits per heavy atom. The van der Waals surface area contributed by atoms with E-state index in [1.54, 1.807) is 33.9 Å². The minimum absolute atomic E-state index is 0.103. The highest BCUT2D eigenvalue weighted by molar-refractivity contribution is 7.15. The number of aromatic nitrogens is 4. The molecule has 3 heterocycles. The first-order chi connectivity index (χ1) is 14.5. The van der Waals surface area contributed by atoms with Crippen LogP contribution < -0.4 is 0 Å². The molecule has 2 aromatic heterocycles. The number of amides is 1. The van der Waals surface area contributed by atoms with Crippen LogP contribution in [0.15, 0.2) is 36.7 Å². The summed E-state index contributed by atoms with van der Waals surface area (Å²) in [7, 11) is 0. The Balaban J connectivity index is 1.66. The maximum Gasteiger partial charge on any atom is 0.310 e. The monoisotopic (exact) mass is 425 g/mol. The van der Waals surface area contributed by atoms with Gasteiger partial charge in [0.15, 0.2) is 0 Å². The number of tetrazole rings is 1. The summed E-state index contributed by atoms with van der Waals surface area (Å²) in [6.07, 6.45) is 3.02. The highest BCUT2D eigenvalue weighted by atomic mass is 32.1. The highest BCUT2D eigenvalue weighted by Crippen LogP contribution is 2.31. The van der Waals surface area contributed by atoms with Gasteiger partial charge in [0, 0.05) is 28.4 Å². The second-order valence-electron chi connectivity index (χ2n) is 7.28. The number of rotatable bonds is 5. The maximum atomic E-state index is 13.4. The molecule has 1 fully saturated rings. The van der Waals surface area contributed by atoms with Gasteiger partial charge in [0.25, 0.3) is 5.91 Å². The van der Waals surface area contributed by atoms with E-state index in [-0.39, 0.29) is 17.8 Å². The third kappa shape index (κ3) is 4.25. The van der Waals surface area contributed by atoms with E-state index in [1.807, 2.05) is 18.2 Å². The topological polar surface area (TPSA) is 90.2 Å². The molecule has 0 spiro atoms. The normalized spacial score (nSPS) is 16.5. The van der Waals surface area contributed by atoms with Crippen molar-refractivity contribution in [2.24, 2.45) is 5.92 Å². The van der Waals surface area contributed by atoms with Gasteiger partial charge < -0.3 is 9.64 Å². The van der Waals surface area contributed by atoms with Gasteiger partial charge in [0.05, 0.1) is 18.2 Å². The van der Waals surface area contributed by atoms with Gasteiger partial charge in [-0.3, -0.25) is 9.59 Å². The molecule has 1 amide bonds. The summed E-state index contributed by atoms with van der Waals surface area (Å²) in [6, 6.07) is 9.76. The zero-order valence-electron chi connectivity index (χ0n) is 16.9. The van der Waals surface area contributed by atoms with Crippen molar-refractivity contribution in [3.63, 3.8) is 0 Å². The zero-order chi connectivity index (χ0) is 21.1. The van der Waals surface area contributed by atoms with Gasteiger partial charge >= 0.3 is 5.97 Å². The molecule has 3 aromatic rings. The fourth-order valence-corrected chi connectivity index (χ4v) is 4.53. The first kappa shape index (κ1) is 20.2. The van der Waals surface area contributed by atoms with E-state index < -0.39 is 0 Å². The molecule has 0 aliphatic carbocycles. The van der Waals surface area contributed by atoms with Crippen LogP contribution in [0.3, 0.4) is 0 Å². The second kappa shape index (κ2) is 8.74. The van der Waals surface area contributed by atoms with Crippen LogP contribution in [0.5, 0.6) is 0 Å². The number of hydrogen-bond acceptors (Lipinski definition) is 7. The zero-order valence-corrected chi connectivity index (χ0v) is 17.8. The van der Waals surface area contributed by atoms with E-state index >= 15 is 0 Å².